The van der Waals surface area contributed by atoms with Crippen molar-refractivity contribution in [1.82, 2.24) is 4.90 Å². The zero-order valence-corrected chi connectivity index (χ0v) is 13.8. The molecule has 1 saturated heterocycles. The van der Waals surface area contributed by atoms with Gasteiger partial charge in [0.05, 0.1) is 5.56 Å². The number of carbonyl (C=O) groups is 1. The predicted octanol–water partition coefficient (Wildman–Crippen LogP) is 2.86. The lowest BCUT2D eigenvalue weighted by Gasteiger charge is -2.32. The lowest BCUT2D eigenvalue weighted by Crippen LogP contribution is -2.42. The number of hydrogen-bond donors (Lipinski definition) is 1. The number of likely N-dealkylation sites (tertiary alicyclic amines) is 1. The molecule has 2 N–H and O–H groups in total. The van der Waals surface area contributed by atoms with Gasteiger partial charge in [0.1, 0.15) is 0 Å². The van der Waals surface area contributed by atoms with Crippen LogP contribution in [0.3, 0.4) is 0 Å². The molecule has 0 aliphatic carbocycles. The van der Waals surface area contributed by atoms with Gasteiger partial charge in [0.15, 0.2) is 0 Å². The molecule has 1 aliphatic rings. The summed E-state index contributed by atoms with van der Waals surface area (Å²) in [5, 5.41) is 0. The quantitative estimate of drug-likeness (QED) is 0.745. The molecule has 0 bridgehead atoms. The fourth-order valence-corrected chi connectivity index (χ4v) is 3.20. The summed E-state index contributed by atoms with van der Waals surface area (Å²) in [6.45, 7) is 2.30. The fourth-order valence-electron chi connectivity index (χ4n) is 2.27. The first kappa shape index (κ1) is 14.3. The van der Waals surface area contributed by atoms with E-state index in [2.05, 4.69) is 38.5 Å². The maximum Gasteiger partial charge on any atom is 0.254 e. The number of nitrogens with zero attached hydrogens (tertiary/aromatic N) is 1. The van der Waals surface area contributed by atoms with Crippen LogP contribution >= 0.6 is 38.5 Å². The van der Waals surface area contributed by atoms with Crippen molar-refractivity contribution in [2.24, 2.45) is 11.7 Å². The Labute approximate surface area is 129 Å². The number of carbonyl (C=O) groups excluding carboxylic acids is 1. The molecule has 1 atom stereocenters. The molecule has 0 saturated carbocycles. The van der Waals surface area contributed by atoms with E-state index < -0.39 is 0 Å². The van der Waals surface area contributed by atoms with E-state index in [0.717, 1.165) is 39.5 Å². The molecule has 98 valence electrons. The second kappa shape index (κ2) is 6.34. The molecule has 1 fully saturated rings. The van der Waals surface area contributed by atoms with E-state index in [9.17, 15) is 4.79 Å². The molecule has 3 nitrogen and oxygen atoms in total. The van der Waals surface area contributed by atoms with Gasteiger partial charge in [-0.3, -0.25) is 4.79 Å². The van der Waals surface area contributed by atoms with Crippen molar-refractivity contribution in [2.75, 3.05) is 19.6 Å². The van der Waals surface area contributed by atoms with Gasteiger partial charge in [-0.25, -0.2) is 0 Å². The lowest BCUT2D eigenvalue weighted by atomic mass is 9.97. The highest BCUT2D eigenvalue weighted by Crippen LogP contribution is 2.23. The SMILES string of the molecule is NCC1CCCN(C(=O)c2cc(Br)ccc2I)C1. The smallest absolute Gasteiger partial charge is 0.254 e. The van der Waals surface area contributed by atoms with E-state index in [4.69, 9.17) is 5.73 Å². The van der Waals surface area contributed by atoms with Gasteiger partial charge in [-0.05, 0) is 66.1 Å². The molecule has 2 rings (SSSR count). The Hall–Kier alpha value is -0.140. The topological polar surface area (TPSA) is 46.3 Å². The van der Waals surface area contributed by atoms with E-state index >= 15 is 0 Å². The highest BCUT2D eigenvalue weighted by molar-refractivity contribution is 14.1. The molecular weight excluding hydrogens is 407 g/mol. The molecule has 18 heavy (non-hydrogen) atoms. The molecule has 0 aromatic heterocycles. The number of benzene rings is 1. The van der Waals surface area contributed by atoms with Gasteiger partial charge in [-0.1, -0.05) is 15.9 Å². The van der Waals surface area contributed by atoms with Crippen LogP contribution in [-0.4, -0.2) is 30.4 Å². The number of nitrogens with two attached hydrogens (primary N) is 1. The Morgan fingerprint density at radius 2 is 2.33 bits per heavy atom. The molecule has 1 aromatic carbocycles. The van der Waals surface area contributed by atoms with E-state index in [0.29, 0.717) is 12.5 Å². The standard InChI is InChI=1S/C13H16BrIN2O/c14-10-3-4-12(15)11(6-10)13(18)17-5-1-2-9(7-16)8-17/h3-4,6,9H,1-2,5,7-8,16H2. The number of hydrogen-bond acceptors (Lipinski definition) is 2. The van der Waals surface area contributed by atoms with Crippen molar-refractivity contribution in [2.45, 2.75) is 12.8 Å². The van der Waals surface area contributed by atoms with Crippen LogP contribution in [-0.2, 0) is 0 Å². The van der Waals surface area contributed by atoms with Crippen molar-refractivity contribution in [3.63, 3.8) is 0 Å². The number of amides is 1. The highest BCUT2D eigenvalue weighted by Gasteiger charge is 2.24. The van der Waals surface area contributed by atoms with E-state index in [-0.39, 0.29) is 5.91 Å². The first-order chi connectivity index (χ1) is 8.61. The minimum absolute atomic E-state index is 0.124. The van der Waals surface area contributed by atoms with Crippen molar-refractivity contribution in [3.8, 4) is 0 Å². The lowest BCUT2D eigenvalue weighted by molar-refractivity contribution is 0.0677. The zero-order chi connectivity index (χ0) is 13.1. The van der Waals surface area contributed by atoms with E-state index in [1.54, 1.807) is 0 Å². The number of piperidine rings is 1. The van der Waals surface area contributed by atoms with Gasteiger partial charge in [-0.2, -0.15) is 0 Å². The van der Waals surface area contributed by atoms with Gasteiger partial charge in [0.2, 0.25) is 0 Å². The van der Waals surface area contributed by atoms with Crippen LogP contribution in [0, 0.1) is 9.49 Å². The Bertz CT molecular complexity index is 453. The molecule has 0 spiro atoms. The van der Waals surface area contributed by atoms with E-state index in [1.807, 2.05) is 23.1 Å². The third-order valence-corrected chi connectivity index (χ3v) is 4.73. The van der Waals surface area contributed by atoms with Crippen LogP contribution in [0.5, 0.6) is 0 Å². The highest BCUT2D eigenvalue weighted by atomic mass is 127. The molecule has 1 aliphatic heterocycles. The average Bonchev–Trinajstić information content (AvgIpc) is 2.41. The minimum Gasteiger partial charge on any atom is -0.338 e. The Morgan fingerprint density at radius 1 is 1.56 bits per heavy atom. The Balaban J connectivity index is 2.17. The second-order valence-corrected chi connectivity index (χ2v) is 6.70. The molecular formula is C13H16BrIN2O. The minimum atomic E-state index is 0.124. The maximum atomic E-state index is 12.5. The van der Waals surface area contributed by atoms with Gasteiger partial charge in [-0.15, -0.1) is 0 Å². The normalized spacial score (nSPS) is 19.9. The van der Waals surface area contributed by atoms with Crippen molar-refractivity contribution in [1.29, 1.82) is 0 Å². The van der Waals surface area contributed by atoms with Crippen LogP contribution < -0.4 is 5.73 Å². The second-order valence-electron chi connectivity index (χ2n) is 4.62. The van der Waals surface area contributed by atoms with Crippen LogP contribution in [0.1, 0.15) is 23.2 Å². The summed E-state index contributed by atoms with van der Waals surface area (Å²) < 4.78 is 1.94. The van der Waals surface area contributed by atoms with Crippen LogP contribution in [0.2, 0.25) is 0 Å². The number of rotatable bonds is 2. The Kier molecular flexibility index (Phi) is 5.03. The average molecular weight is 423 g/mol. The molecule has 0 radical (unpaired) electrons. The summed E-state index contributed by atoms with van der Waals surface area (Å²) in [6.07, 6.45) is 2.19. The molecule has 1 heterocycles. The summed E-state index contributed by atoms with van der Waals surface area (Å²) in [4.78, 5) is 14.4. The van der Waals surface area contributed by atoms with Crippen LogP contribution in [0.15, 0.2) is 22.7 Å². The largest absolute Gasteiger partial charge is 0.338 e. The fraction of sp³-hybridized carbons (Fsp3) is 0.462. The maximum absolute atomic E-state index is 12.5. The third-order valence-electron chi connectivity index (χ3n) is 3.30. The van der Waals surface area contributed by atoms with Gasteiger partial charge >= 0.3 is 0 Å². The number of halogens is 2. The van der Waals surface area contributed by atoms with Crippen LogP contribution in [0.25, 0.3) is 0 Å². The van der Waals surface area contributed by atoms with Crippen molar-refractivity contribution >= 4 is 44.4 Å². The van der Waals surface area contributed by atoms with Crippen molar-refractivity contribution in [3.05, 3.63) is 31.8 Å². The first-order valence-electron chi connectivity index (χ1n) is 6.06. The van der Waals surface area contributed by atoms with Gasteiger partial charge in [0, 0.05) is 21.1 Å². The monoisotopic (exact) mass is 422 g/mol. The summed E-state index contributed by atoms with van der Waals surface area (Å²) in [5.74, 6) is 0.575. The molecule has 1 aromatic rings. The summed E-state index contributed by atoms with van der Waals surface area (Å²) in [5.41, 5.74) is 6.49. The third kappa shape index (κ3) is 3.24. The molecule has 1 unspecified atom stereocenters. The van der Waals surface area contributed by atoms with Gasteiger partial charge < -0.3 is 10.6 Å². The zero-order valence-electron chi connectivity index (χ0n) is 10.0. The molecule has 5 heteroatoms. The summed E-state index contributed by atoms with van der Waals surface area (Å²) >= 11 is 5.63. The van der Waals surface area contributed by atoms with E-state index in [1.165, 1.54) is 0 Å². The van der Waals surface area contributed by atoms with Gasteiger partial charge in [0.25, 0.3) is 5.91 Å². The Morgan fingerprint density at radius 3 is 3.06 bits per heavy atom. The predicted molar refractivity (Wildman–Crippen MR) is 84.5 cm³/mol. The summed E-state index contributed by atoms with van der Waals surface area (Å²) in [7, 11) is 0. The van der Waals surface area contributed by atoms with Crippen LogP contribution in [0.4, 0.5) is 0 Å². The summed E-state index contributed by atoms with van der Waals surface area (Å²) in [6, 6.07) is 5.82. The van der Waals surface area contributed by atoms with Crippen molar-refractivity contribution < 1.29 is 4.79 Å². The first-order valence-corrected chi connectivity index (χ1v) is 7.93. The molecule has 1 amide bonds.